The van der Waals surface area contributed by atoms with Crippen LogP contribution in [-0.4, -0.2) is 30.7 Å². The Morgan fingerprint density at radius 2 is 2.47 bits per heavy atom. The summed E-state index contributed by atoms with van der Waals surface area (Å²) in [4.78, 5) is 6.86. The third kappa shape index (κ3) is 2.03. The molecule has 0 aliphatic carbocycles. The van der Waals surface area contributed by atoms with Crippen LogP contribution in [0.25, 0.3) is 10.2 Å². The number of hydrogen-bond donors (Lipinski definition) is 1. The summed E-state index contributed by atoms with van der Waals surface area (Å²) in [6.45, 7) is 5.53. The Hall–Kier alpha value is -1.13. The van der Waals surface area contributed by atoms with E-state index in [1.165, 1.54) is 16.8 Å². The number of thiazole rings is 1. The van der Waals surface area contributed by atoms with Crippen LogP contribution in [0.4, 0.5) is 5.69 Å². The van der Waals surface area contributed by atoms with Gasteiger partial charge in [-0.3, -0.25) is 0 Å². The number of rotatable bonds is 2. The lowest BCUT2D eigenvalue weighted by Crippen LogP contribution is -2.51. The van der Waals surface area contributed by atoms with Crippen LogP contribution in [0.3, 0.4) is 0 Å². The molecule has 0 bridgehead atoms. The molecule has 1 aliphatic heterocycles. The molecular weight excluding hydrogens is 230 g/mol. The number of anilines is 1. The first-order valence-corrected chi connectivity index (χ1v) is 7.07. The molecule has 17 heavy (non-hydrogen) atoms. The third-order valence-corrected chi connectivity index (χ3v) is 4.26. The first kappa shape index (κ1) is 11.0. The molecule has 2 heterocycles. The van der Waals surface area contributed by atoms with Crippen molar-refractivity contribution in [3.05, 3.63) is 23.7 Å². The normalized spacial score (nSPS) is 21.0. The molecule has 2 aromatic rings. The van der Waals surface area contributed by atoms with E-state index in [0.29, 0.717) is 6.04 Å². The van der Waals surface area contributed by atoms with Gasteiger partial charge in [0.15, 0.2) is 0 Å². The highest BCUT2D eigenvalue weighted by Gasteiger charge is 2.20. The molecule has 90 valence electrons. The first-order chi connectivity index (χ1) is 8.38. The van der Waals surface area contributed by atoms with Crippen molar-refractivity contribution in [3.8, 4) is 0 Å². The van der Waals surface area contributed by atoms with Crippen molar-refractivity contribution in [1.29, 1.82) is 0 Å². The molecule has 1 saturated heterocycles. The van der Waals surface area contributed by atoms with Gasteiger partial charge in [0.25, 0.3) is 0 Å². The molecule has 4 heteroatoms. The van der Waals surface area contributed by atoms with Gasteiger partial charge in [0.1, 0.15) is 0 Å². The van der Waals surface area contributed by atoms with Crippen LogP contribution in [0.2, 0.25) is 0 Å². The van der Waals surface area contributed by atoms with E-state index >= 15 is 0 Å². The van der Waals surface area contributed by atoms with Crippen LogP contribution in [0.1, 0.15) is 13.3 Å². The SMILES string of the molecule is CCC1CNCCN1c1ccc2ncsc2c1. The van der Waals surface area contributed by atoms with E-state index in [1.54, 1.807) is 11.3 Å². The van der Waals surface area contributed by atoms with E-state index in [-0.39, 0.29) is 0 Å². The molecule has 1 aliphatic rings. The van der Waals surface area contributed by atoms with Crippen LogP contribution >= 0.6 is 11.3 Å². The fraction of sp³-hybridized carbons (Fsp3) is 0.462. The summed E-state index contributed by atoms with van der Waals surface area (Å²) in [5.41, 5.74) is 4.38. The molecule has 1 atom stereocenters. The zero-order valence-electron chi connectivity index (χ0n) is 10.0. The van der Waals surface area contributed by atoms with Crippen molar-refractivity contribution in [1.82, 2.24) is 10.3 Å². The number of fused-ring (bicyclic) bond motifs is 1. The maximum Gasteiger partial charge on any atom is 0.0813 e. The summed E-state index contributed by atoms with van der Waals surface area (Å²) in [6.07, 6.45) is 1.19. The standard InChI is InChI=1S/C13H17N3S/c1-2-10-8-14-5-6-16(10)11-3-4-12-13(7-11)17-9-15-12/h3-4,7,9-10,14H,2,5-6,8H2,1H3. The molecule has 0 spiro atoms. The Balaban J connectivity index is 1.95. The second-order valence-corrected chi connectivity index (χ2v) is 5.35. The molecule has 3 nitrogen and oxygen atoms in total. The van der Waals surface area contributed by atoms with Gasteiger partial charge in [-0.1, -0.05) is 6.92 Å². The maximum atomic E-state index is 4.33. The molecule has 1 fully saturated rings. The summed E-state index contributed by atoms with van der Waals surface area (Å²) in [6, 6.07) is 7.24. The number of nitrogens with zero attached hydrogens (tertiary/aromatic N) is 2. The van der Waals surface area contributed by atoms with Crippen molar-refractivity contribution < 1.29 is 0 Å². The molecule has 1 aromatic heterocycles. The lowest BCUT2D eigenvalue weighted by Gasteiger charge is -2.37. The zero-order valence-corrected chi connectivity index (χ0v) is 10.8. The van der Waals surface area contributed by atoms with E-state index in [1.807, 2.05) is 5.51 Å². The fourth-order valence-electron chi connectivity index (χ4n) is 2.49. The van der Waals surface area contributed by atoms with Gasteiger partial charge in [-0.15, -0.1) is 11.3 Å². The van der Waals surface area contributed by atoms with Gasteiger partial charge in [0.2, 0.25) is 0 Å². The Bertz CT molecular complexity index is 508. The van der Waals surface area contributed by atoms with E-state index in [0.717, 1.165) is 25.2 Å². The highest BCUT2D eigenvalue weighted by Crippen LogP contribution is 2.26. The second-order valence-electron chi connectivity index (χ2n) is 4.46. The Morgan fingerprint density at radius 1 is 1.53 bits per heavy atom. The van der Waals surface area contributed by atoms with Crippen LogP contribution in [-0.2, 0) is 0 Å². The molecular formula is C13H17N3S. The maximum absolute atomic E-state index is 4.33. The predicted octanol–water partition coefficient (Wildman–Crippen LogP) is 2.48. The van der Waals surface area contributed by atoms with Gasteiger partial charge in [-0.25, -0.2) is 4.98 Å². The van der Waals surface area contributed by atoms with E-state index < -0.39 is 0 Å². The van der Waals surface area contributed by atoms with Crippen molar-refractivity contribution in [2.45, 2.75) is 19.4 Å². The van der Waals surface area contributed by atoms with Crippen molar-refractivity contribution in [2.24, 2.45) is 0 Å². The van der Waals surface area contributed by atoms with Gasteiger partial charge in [0.05, 0.1) is 15.7 Å². The minimum atomic E-state index is 0.620. The number of piperazine rings is 1. The Morgan fingerprint density at radius 3 is 3.35 bits per heavy atom. The van der Waals surface area contributed by atoms with Crippen LogP contribution in [0, 0.1) is 0 Å². The largest absolute Gasteiger partial charge is 0.366 e. The van der Waals surface area contributed by atoms with Crippen LogP contribution in [0.15, 0.2) is 23.7 Å². The molecule has 1 N–H and O–H groups in total. The molecule has 0 saturated carbocycles. The van der Waals surface area contributed by atoms with Crippen LogP contribution < -0.4 is 10.2 Å². The summed E-state index contributed by atoms with van der Waals surface area (Å²) in [7, 11) is 0. The van der Waals surface area contributed by atoms with E-state index in [2.05, 4.69) is 40.3 Å². The number of nitrogens with one attached hydrogen (secondary N) is 1. The first-order valence-electron chi connectivity index (χ1n) is 6.19. The van der Waals surface area contributed by atoms with Crippen molar-refractivity contribution in [3.63, 3.8) is 0 Å². The second kappa shape index (κ2) is 4.63. The van der Waals surface area contributed by atoms with Gasteiger partial charge >= 0.3 is 0 Å². The van der Waals surface area contributed by atoms with Crippen LogP contribution in [0.5, 0.6) is 0 Å². The van der Waals surface area contributed by atoms with Crippen molar-refractivity contribution in [2.75, 3.05) is 24.5 Å². The van der Waals surface area contributed by atoms with Crippen molar-refractivity contribution >= 4 is 27.2 Å². The quantitative estimate of drug-likeness (QED) is 0.883. The number of hydrogen-bond acceptors (Lipinski definition) is 4. The topological polar surface area (TPSA) is 28.2 Å². The molecule has 3 rings (SSSR count). The Labute approximate surface area is 105 Å². The van der Waals surface area contributed by atoms with Gasteiger partial charge in [-0.2, -0.15) is 0 Å². The van der Waals surface area contributed by atoms with E-state index in [4.69, 9.17) is 0 Å². The predicted molar refractivity (Wildman–Crippen MR) is 73.9 cm³/mol. The lowest BCUT2D eigenvalue weighted by atomic mass is 10.1. The molecule has 0 amide bonds. The minimum absolute atomic E-state index is 0.620. The zero-order chi connectivity index (χ0) is 11.7. The lowest BCUT2D eigenvalue weighted by molar-refractivity contribution is 0.466. The number of aromatic nitrogens is 1. The molecule has 0 radical (unpaired) electrons. The fourth-order valence-corrected chi connectivity index (χ4v) is 3.20. The summed E-state index contributed by atoms with van der Waals surface area (Å²) in [5.74, 6) is 0. The summed E-state index contributed by atoms with van der Waals surface area (Å²) >= 11 is 1.72. The third-order valence-electron chi connectivity index (χ3n) is 3.47. The highest BCUT2D eigenvalue weighted by atomic mass is 32.1. The minimum Gasteiger partial charge on any atom is -0.366 e. The molecule has 1 aromatic carbocycles. The molecule has 1 unspecified atom stereocenters. The summed E-state index contributed by atoms with van der Waals surface area (Å²) in [5, 5.41) is 3.47. The average molecular weight is 247 g/mol. The van der Waals surface area contributed by atoms with Gasteiger partial charge < -0.3 is 10.2 Å². The Kier molecular flexibility index (Phi) is 2.99. The van der Waals surface area contributed by atoms with Gasteiger partial charge in [0, 0.05) is 31.4 Å². The van der Waals surface area contributed by atoms with E-state index in [9.17, 15) is 0 Å². The average Bonchev–Trinajstić information content (AvgIpc) is 2.85. The smallest absolute Gasteiger partial charge is 0.0813 e. The highest BCUT2D eigenvalue weighted by molar-refractivity contribution is 7.16. The monoisotopic (exact) mass is 247 g/mol. The van der Waals surface area contributed by atoms with Gasteiger partial charge in [-0.05, 0) is 24.6 Å². The number of benzene rings is 1. The summed E-state index contributed by atoms with van der Waals surface area (Å²) < 4.78 is 1.29.